The van der Waals surface area contributed by atoms with Crippen LogP contribution in [0.25, 0.3) is 0 Å². The summed E-state index contributed by atoms with van der Waals surface area (Å²) in [7, 11) is 1.44. The van der Waals surface area contributed by atoms with Crippen molar-refractivity contribution in [1.29, 1.82) is 0 Å². The summed E-state index contributed by atoms with van der Waals surface area (Å²) in [5, 5.41) is 9.21. The van der Waals surface area contributed by atoms with Crippen LogP contribution in [-0.2, 0) is 11.4 Å². The molecule has 0 saturated heterocycles. The van der Waals surface area contributed by atoms with E-state index in [2.05, 4.69) is 0 Å². The molecule has 0 atom stereocenters. The van der Waals surface area contributed by atoms with Gasteiger partial charge in [-0.05, 0) is 37.0 Å². The Labute approximate surface area is 130 Å². The molecule has 1 aromatic rings. The van der Waals surface area contributed by atoms with E-state index in [1.165, 1.54) is 13.2 Å². The highest BCUT2D eigenvalue weighted by Gasteiger charge is 2.38. The molecule has 1 N–H and O–H groups in total. The van der Waals surface area contributed by atoms with Crippen LogP contribution in [0, 0.1) is 11.2 Å². The molecule has 5 heteroatoms. The van der Waals surface area contributed by atoms with Crippen molar-refractivity contribution in [2.75, 3.05) is 12.0 Å². The molecule has 0 heterocycles. The Bertz CT molecular complexity index is 562. The minimum Gasteiger partial charge on any atom is -0.494 e. The molecule has 1 saturated carbocycles. The van der Waals surface area contributed by atoms with E-state index in [1.54, 1.807) is 11.0 Å². The molecule has 1 aliphatic rings. The fourth-order valence-electron chi connectivity index (χ4n) is 2.56. The Hall–Kier alpha value is -1.62. The van der Waals surface area contributed by atoms with Gasteiger partial charge in [0, 0.05) is 11.5 Å². The van der Waals surface area contributed by atoms with Crippen LogP contribution in [0.3, 0.4) is 0 Å². The van der Waals surface area contributed by atoms with Crippen molar-refractivity contribution in [2.45, 2.75) is 52.7 Å². The number of hydrogen-bond donors (Lipinski definition) is 1. The highest BCUT2D eigenvalue weighted by molar-refractivity contribution is 5.99. The summed E-state index contributed by atoms with van der Waals surface area (Å²) < 4.78 is 19.9. The number of rotatable bonds is 4. The van der Waals surface area contributed by atoms with E-state index in [4.69, 9.17) is 4.74 Å². The van der Waals surface area contributed by atoms with Crippen LogP contribution in [0.5, 0.6) is 5.75 Å². The molecule has 1 fully saturated rings. The number of methoxy groups -OCH3 is 1. The van der Waals surface area contributed by atoms with Gasteiger partial charge in [-0.15, -0.1) is 0 Å². The molecule has 0 unspecified atom stereocenters. The topological polar surface area (TPSA) is 49.8 Å². The molecule has 2 rings (SSSR count). The van der Waals surface area contributed by atoms with Crippen molar-refractivity contribution in [3.63, 3.8) is 0 Å². The lowest BCUT2D eigenvalue weighted by molar-refractivity contribution is -0.126. The lowest BCUT2D eigenvalue weighted by Crippen LogP contribution is -2.49. The van der Waals surface area contributed by atoms with Gasteiger partial charge in [0.05, 0.1) is 13.7 Å². The van der Waals surface area contributed by atoms with Gasteiger partial charge in [-0.3, -0.25) is 4.79 Å². The SMILES string of the molecule is COc1cc(CO)cc(F)c1N(C(=O)C(C)(C)C)C1CCC1. The van der Waals surface area contributed by atoms with Crippen LogP contribution in [0.1, 0.15) is 45.6 Å². The van der Waals surface area contributed by atoms with Gasteiger partial charge >= 0.3 is 0 Å². The van der Waals surface area contributed by atoms with Gasteiger partial charge in [-0.2, -0.15) is 0 Å². The van der Waals surface area contributed by atoms with Crippen LogP contribution >= 0.6 is 0 Å². The third kappa shape index (κ3) is 3.09. The van der Waals surface area contributed by atoms with Crippen molar-refractivity contribution in [1.82, 2.24) is 0 Å². The third-order valence-electron chi connectivity index (χ3n) is 4.03. The number of aliphatic hydroxyl groups is 1. The van der Waals surface area contributed by atoms with Crippen molar-refractivity contribution in [2.24, 2.45) is 5.41 Å². The van der Waals surface area contributed by atoms with E-state index in [0.717, 1.165) is 19.3 Å². The van der Waals surface area contributed by atoms with Gasteiger partial charge in [0.15, 0.2) is 5.82 Å². The van der Waals surface area contributed by atoms with Gasteiger partial charge in [0.25, 0.3) is 0 Å². The average Bonchev–Trinajstić information content (AvgIpc) is 2.40. The highest BCUT2D eigenvalue weighted by Crippen LogP contribution is 2.40. The van der Waals surface area contributed by atoms with E-state index >= 15 is 0 Å². The molecule has 122 valence electrons. The number of ether oxygens (including phenoxy) is 1. The second-order valence-corrected chi connectivity index (χ2v) is 6.80. The molecular formula is C17H24FNO3. The predicted molar refractivity (Wildman–Crippen MR) is 83.5 cm³/mol. The van der Waals surface area contributed by atoms with Gasteiger partial charge in [-0.25, -0.2) is 4.39 Å². The predicted octanol–water partition coefficient (Wildman–Crippen LogP) is 3.26. The summed E-state index contributed by atoms with van der Waals surface area (Å²) in [4.78, 5) is 14.4. The standard InChI is InChI=1S/C17H24FNO3/c1-17(2,3)16(21)19(12-6-5-7-12)15-13(18)8-11(10-20)9-14(15)22-4/h8-9,12,20H,5-7,10H2,1-4H3. The molecule has 1 aromatic carbocycles. The van der Waals surface area contributed by atoms with Crippen LogP contribution in [0.2, 0.25) is 0 Å². The van der Waals surface area contributed by atoms with Crippen LogP contribution in [-0.4, -0.2) is 24.2 Å². The molecule has 4 nitrogen and oxygen atoms in total. The molecule has 0 radical (unpaired) electrons. The molecule has 0 spiro atoms. The minimum absolute atomic E-state index is 0.00935. The Kier molecular flexibility index (Phi) is 4.75. The van der Waals surface area contributed by atoms with E-state index in [1.807, 2.05) is 20.8 Å². The number of carbonyl (C=O) groups is 1. The van der Waals surface area contributed by atoms with E-state index < -0.39 is 11.2 Å². The fourth-order valence-corrected chi connectivity index (χ4v) is 2.56. The summed E-state index contributed by atoms with van der Waals surface area (Å²) in [6, 6.07) is 2.86. The lowest BCUT2D eigenvalue weighted by Gasteiger charge is -2.41. The first-order valence-electron chi connectivity index (χ1n) is 7.60. The zero-order valence-electron chi connectivity index (χ0n) is 13.6. The van der Waals surface area contributed by atoms with Crippen molar-refractivity contribution in [3.8, 4) is 5.75 Å². The Morgan fingerprint density at radius 1 is 1.41 bits per heavy atom. The lowest BCUT2D eigenvalue weighted by atomic mass is 9.86. The summed E-state index contributed by atoms with van der Waals surface area (Å²) >= 11 is 0. The first kappa shape index (κ1) is 16.7. The number of nitrogens with zero attached hydrogens (tertiary/aromatic N) is 1. The Morgan fingerprint density at radius 2 is 2.05 bits per heavy atom. The number of hydrogen-bond acceptors (Lipinski definition) is 3. The van der Waals surface area contributed by atoms with Crippen LogP contribution in [0.4, 0.5) is 10.1 Å². The molecule has 0 bridgehead atoms. The summed E-state index contributed by atoms with van der Waals surface area (Å²) in [6.07, 6.45) is 2.77. The molecule has 1 aliphatic carbocycles. The summed E-state index contributed by atoms with van der Waals surface area (Å²) in [5.41, 5.74) is 0.00192. The maximum Gasteiger partial charge on any atom is 0.232 e. The summed E-state index contributed by atoms with van der Waals surface area (Å²) in [6.45, 7) is 5.21. The fraction of sp³-hybridized carbons (Fsp3) is 0.588. The molecule has 0 aliphatic heterocycles. The maximum atomic E-state index is 14.6. The molecular weight excluding hydrogens is 285 g/mol. The summed E-state index contributed by atoms with van der Waals surface area (Å²) in [5.74, 6) is -0.368. The van der Waals surface area contributed by atoms with Crippen molar-refractivity contribution < 1.29 is 19.0 Å². The van der Waals surface area contributed by atoms with Gasteiger partial charge in [-0.1, -0.05) is 20.8 Å². The maximum absolute atomic E-state index is 14.6. The number of amides is 1. The first-order valence-corrected chi connectivity index (χ1v) is 7.60. The normalized spacial score (nSPS) is 15.4. The second kappa shape index (κ2) is 6.24. The highest BCUT2D eigenvalue weighted by atomic mass is 19.1. The molecule has 1 amide bonds. The second-order valence-electron chi connectivity index (χ2n) is 6.80. The third-order valence-corrected chi connectivity index (χ3v) is 4.03. The van der Waals surface area contributed by atoms with Crippen molar-refractivity contribution in [3.05, 3.63) is 23.5 Å². The number of carbonyl (C=O) groups excluding carboxylic acids is 1. The van der Waals surface area contributed by atoms with E-state index in [-0.39, 0.29) is 30.0 Å². The zero-order valence-corrected chi connectivity index (χ0v) is 13.6. The van der Waals surface area contributed by atoms with Crippen LogP contribution < -0.4 is 9.64 Å². The monoisotopic (exact) mass is 309 g/mol. The number of aliphatic hydroxyl groups excluding tert-OH is 1. The zero-order chi connectivity index (χ0) is 16.5. The number of anilines is 1. The first-order chi connectivity index (χ1) is 10.3. The number of benzene rings is 1. The van der Waals surface area contributed by atoms with Gasteiger partial charge in [0.1, 0.15) is 11.4 Å². The Morgan fingerprint density at radius 3 is 2.45 bits per heavy atom. The Balaban J connectivity index is 2.54. The average molecular weight is 309 g/mol. The smallest absolute Gasteiger partial charge is 0.232 e. The molecule has 22 heavy (non-hydrogen) atoms. The largest absolute Gasteiger partial charge is 0.494 e. The van der Waals surface area contributed by atoms with Gasteiger partial charge in [0.2, 0.25) is 5.91 Å². The van der Waals surface area contributed by atoms with Crippen molar-refractivity contribution >= 4 is 11.6 Å². The van der Waals surface area contributed by atoms with Gasteiger partial charge < -0.3 is 14.7 Å². The minimum atomic E-state index is -0.608. The van der Waals surface area contributed by atoms with Crippen LogP contribution in [0.15, 0.2) is 12.1 Å². The van der Waals surface area contributed by atoms with E-state index in [0.29, 0.717) is 5.56 Å². The molecule has 0 aromatic heterocycles. The van der Waals surface area contributed by atoms with E-state index in [9.17, 15) is 14.3 Å². The quantitative estimate of drug-likeness (QED) is 0.929. The number of halogens is 1.